The van der Waals surface area contributed by atoms with Gasteiger partial charge in [-0.3, -0.25) is 0 Å². The lowest BCUT2D eigenvalue weighted by atomic mass is 10.3. The van der Waals surface area contributed by atoms with Crippen LogP contribution in [0.15, 0.2) is 18.2 Å². The average Bonchev–Trinajstić information content (AvgIpc) is 2.44. The third-order valence-electron chi connectivity index (χ3n) is 1.71. The van der Waals surface area contributed by atoms with Crippen molar-refractivity contribution >= 4 is 22.6 Å². The van der Waals surface area contributed by atoms with Crippen LogP contribution in [-0.4, -0.2) is 31.5 Å². The van der Waals surface area contributed by atoms with E-state index in [1.807, 2.05) is 0 Å². The molecule has 0 amide bonds. The number of fused-ring (bicyclic) bond motifs is 1. The minimum Gasteiger partial charge on any atom is -0.366 e. The van der Waals surface area contributed by atoms with E-state index in [1.165, 1.54) is 4.80 Å². The summed E-state index contributed by atoms with van der Waals surface area (Å²) in [4.78, 5) is 1.23. The number of hydrogen-bond acceptors (Lipinski definition) is 4. The second-order valence-corrected chi connectivity index (χ2v) is 3.30. The lowest BCUT2D eigenvalue weighted by molar-refractivity contribution is -0.0558. The van der Waals surface area contributed by atoms with E-state index < -0.39 is 6.29 Å². The Hall–Kier alpha value is -1.17. The first kappa shape index (κ1) is 9.39. The molecule has 0 atom stereocenters. The van der Waals surface area contributed by atoms with E-state index in [9.17, 15) is 0 Å². The fourth-order valence-corrected chi connectivity index (χ4v) is 1.33. The normalized spacial score (nSPS) is 11.4. The van der Waals surface area contributed by atoms with Gasteiger partial charge in [0.2, 0.25) is 0 Å². The minimum absolute atomic E-state index is 0.0493. The van der Waals surface area contributed by atoms with Gasteiger partial charge in [0.15, 0.2) is 6.29 Å². The molecule has 0 saturated heterocycles. The van der Waals surface area contributed by atoms with Crippen LogP contribution in [0.5, 0.6) is 0 Å². The summed E-state index contributed by atoms with van der Waals surface area (Å²) in [7, 11) is 0. The van der Waals surface area contributed by atoms with Gasteiger partial charge in [-0.15, -0.1) is 0 Å². The highest BCUT2D eigenvalue weighted by atomic mass is 35.5. The van der Waals surface area contributed by atoms with E-state index in [1.54, 1.807) is 18.2 Å². The van der Waals surface area contributed by atoms with Gasteiger partial charge in [-0.05, 0) is 18.2 Å². The SMILES string of the molecule is OC(O)Cn1nc2ccc(Cl)cc2n1. The van der Waals surface area contributed by atoms with Gasteiger partial charge in [0.05, 0.1) is 0 Å². The van der Waals surface area contributed by atoms with Gasteiger partial charge >= 0.3 is 0 Å². The Labute approximate surface area is 84.5 Å². The van der Waals surface area contributed by atoms with Gasteiger partial charge in [-0.2, -0.15) is 15.0 Å². The third kappa shape index (κ3) is 1.84. The quantitative estimate of drug-likeness (QED) is 0.709. The molecular weight excluding hydrogens is 206 g/mol. The maximum Gasteiger partial charge on any atom is 0.173 e. The van der Waals surface area contributed by atoms with Gasteiger partial charge in [0, 0.05) is 5.02 Å². The van der Waals surface area contributed by atoms with Crippen LogP contribution in [0, 0.1) is 0 Å². The molecule has 6 heteroatoms. The number of aliphatic hydroxyl groups is 2. The van der Waals surface area contributed by atoms with Crippen LogP contribution in [-0.2, 0) is 6.54 Å². The van der Waals surface area contributed by atoms with Gasteiger partial charge in [0.25, 0.3) is 0 Å². The summed E-state index contributed by atoms with van der Waals surface area (Å²) in [6.45, 7) is -0.0493. The van der Waals surface area contributed by atoms with Crippen LogP contribution in [0.3, 0.4) is 0 Å². The van der Waals surface area contributed by atoms with Crippen LogP contribution in [0.25, 0.3) is 11.0 Å². The molecule has 0 saturated carbocycles. The van der Waals surface area contributed by atoms with Gasteiger partial charge in [-0.25, -0.2) is 0 Å². The van der Waals surface area contributed by atoms with Crippen molar-refractivity contribution in [2.24, 2.45) is 0 Å². The topological polar surface area (TPSA) is 71.2 Å². The Balaban J connectivity index is 2.41. The van der Waals surface area contributed by atoms with Crippen LogP contribution in [0.4, 0.5) is 0 Å². The summed E-state index contributed by atoms with van der Waals surface area (Å²) in [5, 5.41) is 26.0. The number of benzene rings is 1. The van der Waals surface area contributed by atoms with E-state index in [-0.39, 0.29) is 6.54 Å². The number of aromatic nitrogens is 3. The lowest BCUT2D eigenvalue weighted by Gasteiger charge is -1.99. The van der Waals surface area contributed by atoms with Gasteiger partial charge < -0.3 is 10.2 Å². The molecule has 2 rings (SSSR count). The second kappa shape index (κ2) is 3.53. The molecular formula is C8H8ClN3O2. The standard InChI is InChI=1S/C8H8ClN3O2/c9-5-1-2-6-7(3-5)11-12(10-6)4-8(13)14/h1-3,8,13-14H,4H2. The number of hydrogen-bond donors (Lipinski definition) is 2. The van der Waals surface area contributed by atoms with Crippen LogP contribution >= 0.6 is 11.6 Å². The van der Waals surface area contributed by atoms with Crippen molar-refractivity contribution in [3.8, 4) is 0 Å². The molecule has 1 aromatic carbocycles. The molecule has 0 fully saturated rings. The summed E-state index contributed by atoms with van der Waals surface area (Å²) in [6, 6.07) is 5.10. The van der Waals surface area contributed by atoms with Crippen molar-refractivity contribution in [1.29, 1.82) is 0 Å². The fraction of sp³-hybridized carbons (Fsp3) is 0.250. The Bertz CT molecular complexity index is 455. The lowest BCUT2D eigenvalue weighted by Crippen LogP contribution is -2.16. The molecule has 2 aromatic rings. The summed E-state index contributed by atoms with van der Waals surface area (Å²) in [5.41, 5.74) is 1.31. The monoisotopic (exact) mass is 213 g/mol. The first-order chi connectivity index (χ1) is 6.65. The summed E-state index contributed by atoms with van der Waals surface area (Å²) in [5.74, 6) is 0. The van der Waals surface area contributed by atoms with E-state index in [0.29, 0.717) is 16.1 Å². The molecule has 0 aliphatic rings. The van der Waals surface area contributed by atoms with Crippen molar-refractivity contribution in [2.75, 3.05) is 0 Å². The highest BCUT2D eigenvalue weighted by Crippen LogP contribution is 2.15. The van der Waals surface area contributed by atoms with Crippen LogP contribution < -0.4 is 0 Å². The molecule has 0 spiro atoms. The van der Waals surface area contributed by atoms with E-state index in [2.05, 4.69) is 10.2 Å². The molecule has 5 nitrogen and oxygen atoms in total. The number of aliphatic hydroxyl groups excluding tert-OH is 1. The van der Waals surface area contributed by atoms with Crippen molar-refractivity contribution < 1.29 is 10.2 Å². The summed E-state index contributed by atoms with van der Waals surface area (Å²) in [6.07, 6.45) is -1.45. The van der Waals surface area contributed by atoms with E-state index in [0.717, 1.165) is 0 Å². The van der Waals surface area contributed by atoms with Crippen LogP contribution in [0.2, 0.25) is 5.02 Å². The Kier molecular flexibility index (Phi) is 2.37. The predicted octanol–water partition coefficient (Wildman–Crippen LogP) is 0.395. The molecule has 14 heavy (non-hydrogen) atoms. The van der Waals surface area contributed by atoms with E-state index in [4.69, 9.17) is 21.8 Å². The highest BCUT2D eigenvalue weighted by Gasteiger charge is 2.05. The van der Waals surface area contributed by atoms with Crippen molar-refractivity contribution in [3.63, 3.8) is 0 Å². The van der Waals surface area contributed by atoms with Crippen LogP contribution in [0.1, 0.15) is 0 Å². The van der Waals surface area contributed by atoms with Crippen molar-refractivity contribution in [1.82, 2.24) is 15.0 Å². The Morgan fingerprint density at radius 2 is 2.00 bits per heavy atom. The highest BCUT2D eigenvalue weighted by molar-refractivity contribution is 6.31. The molecule has 1 heterocycles. The zero-order valence-electron chi connectivity index (χ0n) is 7.13. The Morgan fingerprint density at radius 3 is 2.71 bits per heavy atom. The maximum absolute atomic E-state index is 8.71. The first-order valence-electron chi connectivity index (χ1n) is 4.02. The van der Waals surface area contributed by atoms with Gasteiger partial charge in [0.1, 0.15) is 17.6 Å². The van der Waals surface area contributed by atoms with Gasteiger partial charge in [-0.1, -0.05) is 11.6 Å². The average molecular weight is 214 g/mol. The smallest absolute Gasteiger partial charge is 0.173 e. The van der Waals surface area contributed by atoms with Crippen molar-refractivity contribution in [3.05, 3.63) is 23.2 Å². The molecule has 74 valence electrons. The molecule has 0 unspecified atom stereocenters. The zero-order chi connectivity index (χ0) is 10.1. The molecule has 0 bridgehead atoms. The second-order valence-electron chi connectivity index (χ2n) is 2.87. The third-order valence-corrected chi connectivity index (χ3v) is 1.95. The number of rotatable bonds is 2. The first-order valence-corrected chi connectivity index (χ1v) is 4.39. The molecule has 1 aromatic heterocycles. The zero-order valence-corrected chi connectivity index (χ0v) is 7.89. The van der Waals surface area contributed by atoms with E-state index >= 15 is 0 Å². The summed E-state index contributed by atoms with van der Waals surface area (Å²) < 4.78 is 0. The fourth-order valence-electron chi connectivity index (χ4n) is 1.16. The predicted molar refractivity (Wildman–Crippen MR) is 50.8 cm³/mol. The van der Waals surface area contributed by atoms with Crippen molar-refractivity contribution in [2.45, 2.75) is 12.8 Å². The minimum atomic E-state index is -1.45. The molecule has 0 aliphatic heterocycles. The molecule has 0 aliphatic carbocycles. The Morgan fingerprint density at radius 1 is 1.29 bits per heavy atom. The largest absolute Gasteiger partial charge is 0.366 e. The maximum atomic E-state index is 8.71. The number of nitrogens with zero attached hydrogens (tertiary/aromatic N) is 3. The summed E-state index contributed by atoms with van der Waals surface area (Å²) >= 11 is 5.76. The molecule has 0 radical (unpaired) electrons. The number of halogens is 1. The molecule has 2 N–H and O–H groups in total.